The Morgan fingerprint density at radius 3 is 2.22 bits per heavy atom. The molecule has 2 heterocycles. The first kappa shape index (κ1) is 16.1. The van der Waals surface area contributed by atoms with Crippen LogP contribution in [0.4, 0.5) is 5.69 Å². The van der Waals surface area contributed by atoms with Crippen molar-refractivity contribution in [3.8, 4) is 0 Å². The Morgan fingerprint density at radius 2 is 1.44 bits per heavy atom. The summed E-state index contributed by atoms with van der Waals surface area (Å²) in [6.07, 6.45) is -0.477. The van der Waals surface area contributed by atoms with Gasteiger partial charge in [-0.05, 0) is 42.0 Å². The monoisotopic (exact) mass is 374 g/mol. The molecule has 0 saturated carbocycles. The summed E-state index contributed by atoms with van der Waals surface area (Å²) in [5.74, 6) is -0.177. The molecule has 0 saturated heterocycles. The van der Waals surface area contributed by atoms with Crippen molar-refractivity contribution in [1.29, 1.82) is 0 Å². The molecule has 27 heavy (non-hydrogen) atoms. The molecule has 0 N–H and O–H groups in total. The second kappa shape index (κ2) is 5.96. The van der Waals surface area contributed by atoms with Crippen LogP contribution >= 0.6 is 11.6 Å². The van der Waals surface area contributed by atoms with Crippen molar-refractivity contribution in [2.24, 2.45) is 0 Å². The quantitative estimate of drug-likeness (QED) is 0.621. The van der Waals surface area contributed by atoms with Gasteiger partial charge in [-0.1, -0.05) is 48.0 Å². The Labute approximate surface area is 161 Å². The van der Waals surface area contributed by atoms with E-state index in [2.05, 4.69) is 0 Å². The number of hydrogen-bond acceptors (Lipinski definition) is 2. The van der Waals surface area contributed by atoms with Crippen molar-refractivity contribution in [3.63, 3.8) is 0 Å². The van der Waals surface area contributed by atoms with Gasteiger partial charge in [-0.2, -0.15) is 0 Å². The summed E-state index contributed by atoms with van der Waals surface area (Å²) in [6.45, 7) is 0.393. The number of amides is 2. The standard InChI is InChI=1S/C22H15ClN2O2/c23-15-9-11-16(12-10-15)25-20-18-7-3-4-8-19(18)21(26)24(20)13-14-5-1-2-6-17(14)22(25)27/h1-12,20H,13H2. The van der Waals surface area contributed by atoms with Gasteiger partial charge in [0.25, 0.3) is 11.8 Å². The molecule has 132 valence electrons. The van der Waals surface area contributed by atoms with E-state index in [9.17, 15) is 9.59 Å². The molecule has 2 amide bonds. The van der Waals surface area contributed by atoms with Crippen LogP contribution in [0, 0.1) is 0 Å². The average molecular weight is 375 g/mol. The summed E-state index contributed by atoms with van der Waals surface area (Å²) in [7, 11) is 0. The summed E-state index contributed by atoms with van der Waals surface area (Å²) in [5, 5.41) is 0.598. The lowest BCUT2D eigenvalue weighted by Crippen LogP contribution is -2.40. The Hall–Kier alpha value is -3.11. The van der Waals surface area contributed by atoms with Gasteiger partial charge in [0.05, 0.1) is 0 Å². The molecule has 0 bridgehead atoms. The molecule has 0 fully saturated rings. The minimum atomic E-state index is -0.477. The molecular weight excluding hydrogens is 360 g/mol. The highest BCUT2D eigenvalue weighted by Crippen LogP contribution is 2.42. The molecule has 5 rings (SSSR count). The van der Waals surface area contributed by atoms with Crippen LogP contribution in [0.15, 0.2) is 72.8 Å². The summed E-state index contributed by atoms with van der Waals surface area (Å²) in [4.78, 5) is 30.1. The topological polar surface area (TPSA) is 40.6 Å². The highest BCUT2D eigenvalue weighted by Gasteiger charge is 2.45. The van der Waals surface area contributed by atoms with E-state index in [0.29, 0.717) is 28.4 Å². The zero-order valence-electron chi connectivity index (χ0n) is 14.3. The molecule has 0 aromatic heterocycles. The summed E-state index contributed by atoms with van der Waals surface area (Å²) in [6, 6.07) is 22.1. The van der Waals surface area contributed by atoms with Gasteiger partial charge >= 0.3 is 0 Å². The van der Waals surface area contributed by atoms with Gasteiger partial charge < -0.3 is 4.90 Å². The normalized spacial score (nSPS) is 18.0. The van der Waals surface area contributed by atoms with Crippen molar-refractivity contribution in [1.82, 2.24) is 4.90 Å². The second-order valence-corrected chi connectivity index (χ2v) is 7.14. The summed E-state index contributed by atoms with van der Waals surface area (Å²) < 4.78 is 0. The lowest BCUT2D eigenvalue weighted by Gasteiger charge is -2.33. The smallest absolute Gasteiger partial charge is 0.260 e. The first-order chi connectivity index (χ1) is 13.1. The molecule has 1 unspecified atom stereocenters. The maximum absolute atomic E-state index is 13.5. The Balaban J connectivity index is 1.76. The molecule has 1 atom stereocenters. The minimum absolute atomic E-state index is 0.0564. The van der Waals surface area contributed by atoms with Gasteiger partial charge in [0, 0.05) is 33.9 Å². The van der Waals surface area contributed by atoms with Crippen molar-refractivity contribution >= 4 is 29.1 Å². The molecule has 3 aromatic carbocycles. The summed E-state index contributed by atoms with van der Waals surface area (Å²) in [5.41, 5.74) is 3.67. The number of carbonyl (C=O) groups is 2. The zero-order valence-corrected chi connectivity index (χ0v) is 15.1. The molecule has 2 aliphatic heterocycles. The largest absolute Gasteiger partial charge is 0.309 e. The van der Waals surface area contributed by atoms with Crippen LogP contribution in [-0.4, -0.2) is 16.7 Å². The van der Waals surface area contributed by atoms with Gasteiger partial charge in [0.1, 0.15) is 6.17 Å². The Bertz CT molecular complexity index is 1080. The fourth-order valence-corrected chi connectivity index (χ4v) is 4.06. The molecule has 0 spiro atoms. The number of benzene rings is 3. The fraction of sp³-hybridized carbons (Fsp3) is 0.0909. The SMILES string of the molecule is O=C1c2ccccc2C2N1Cc1ccccc1C(=O)N2c1ccc(Cl)cc1. The van der Waals surface area contributed by atoms with Crippen molar-refractivity contribution < 1.29 is 9.59 Å². The number of fused-ring (bicyclic) bond motifs is 4. The van der Waals surface area contributed by atoms with E-state index in [-0.39, 0.29) is 11.8 Å². The predicted molar refractivity (Wildman–Crippen MR) is 104 cm³/mol. The zero-order chi connectivity index (χ0) is 18.5. The van der Waals surface area contributed by atoms with Crippen LogP contribution in [0.1, 0.15) is 38.0 Å². The van der Waals surface area contributed by atoms with Crippen LogP contribution < -0.4 is 4.90 Å². The molecule has 4 nitrogen and oxygen atoms in total. The van der Waals surface area contributed by atoms with Gasteiger partial charge in [-0.3, -0.25) is 14.5 Å². The minimum Gasteiger partial charge on any atom is -0.309 e. The fourth-order valence-electron chi connectivity index (χ4n) is 3.94. The van der Waals surface area contributed by atoms with E-state index in [1.165, 1.54) is 0 Å². The van der Waals surface area contributed by atoms with E-state index < -0.39 is 6.17 Å². The van der Waals surface area contributed by atoms with Gasteiger partial charge in [0.15, 0.2) is 0 Å². The molecule has 0 radical (unpaired) electrons. The molecular formula is C22H15ClN2O2. The number of rotatable bonds is 1. The van der Waals surface area contributed by atoms with Gasteiger partial charge in [-0.25, -0.2) is 0 Å². The Kier molecular flexibility index (Phi) is 3.55. The van der Waals surface area contributed by atoms with Crippen LogP contribution in [-0.2, 0) is 6.54 Å². The number of anilines is 1. The van der Waals surface area contributed by atoms with Crippen molar-refractivity contribution in [3.05, 3.63) is 100 Å². The number of hydrogen-bond donors (Lipinski definition) is 0. The van der Waals surface area contributed by atoms with Crippen molar-refractivity contribution in [2.75, 3.05) is 4.90 Å². The van der Waals surface area contributed by atoms with Crippen molar-refractivity contribution in [2.45, 2.75) is 12.7 Å². The highest BCUT2D eigenvalue weighted by atomic mass is 35.5. The first-order valence-corrected chi connectivity index (χ1v) is 9.10. The molecule has 3 aromatic rings. The molecule has 0 aliphatic carbocycles. The van der Waals surface area contributed by atoms with Crippen LogP contribution in [0.2, 0.25) is 5.02 Å². The third-order valence-corrected chi connectivity index (χ3v) is 5.43. The average Bonchev–Trinajstić information content (AvgIpc) is 2.88. The third-order valence-electron chi connectivity index (χ3n) is 5.18. The van der Waals surface area contributed by atoms with Gasteiger partial charge in [0.2, 0.25) is 0 Å². The van der Waals surface area contributed by atoms with Gasteiger partial charge in [-0.15, -0.1) is 0 Å². The van der Waals surface area contributed by atoms with Crippen LogP contribution in [0.3, 0.4) is 0 Å². The maximum Gasteiger partial charge on any atom is 0.260 e. The van der Waals surface area contributed by atoms with E-state index in [0.717, 1.165) is 11.1 Å². The van der Waals surface area contributed by atoms with E-state index in [4.69, 9.17) is 11.6 Å². The highest BCUT2D eigenvalue weighted by molar-refractivity contribution is 6.30. The second-order valence-electron chi connectivity index (χ2n) is 6.70. The van der Waals surface area contributed by atoms with Crippen LogP contribution in [0.5, 0.6) is 0 Å². The lowest BCUT2D eigenvalue weighted by molar-refractivity contribution is 0.0702. The summed E-state index contributed by atoms with van der Waals surface area (Å²) >= 11 is 6.05. The van der Waals surface area contributed by atoms with E-state index in [1.54, 1.807) is 21.9 Å². The Morgan fingerprint density at radius 1 is 0.778 bits per heavy atom. The first-order valence-electron chi connectivity index (χ1n) is 8.72. The van der Waals surface area contributed by atoms with E-state index >= 15 is 0 Å². The molecule has 5 heteroatoms. The predicted octanol–water partition coefficient (Wildman–Crippen LogP) is 4.66. The number of nitrogens with zero attached hydrogens (tertiary/aromatic N) is 2. The molecule has 2 aliphatic rings. The third kappa shape index (κ3) is 2.37. The van der Waals surface area contributed by atoms with Crippen LogP contribution in [0.25, 0.3) is 0 Å². The number of carbonyl (C=O) groups excluding carboxylic acids is 2. The lowest BCUT2D eigenvalue weighted by atomic mass is 10.0. The maximum atomic E-state index is 13.5. The number of halogens is 1. The van der Waals surface area contributed by atoms with E-state index in [1.807, 2.05) is 60.7 Å².